The van der Waals surface area contributed by atoms with Crippen LogP contribution in [-0.4, -0.2) is 40.4 Å². The largest absolute Gasteiger partial charge is 0.338 e. The predicted octanol–water partition coefficient (Wildman–Crippen LogP) is 2.42. The Labute approximate surface area is 108 Å². The average molecular weight is 301 g/mol. The Morgan fingerprint density at radius 2 is 2.31 bits per heavy atom. The van der Waals surface area contributed by atoms with Gasteiger partial charge in [-0.25, -0.2) is 4.98 Å². The van der Waals surface area contributed by atoms with Crippen LogP contribution in [0.3, 0.4) is 0 Å². The van der Waals surface area contributed by atoms with E-state index in [0.29, 0.717) is 10.2 Å². The molecule has 1 fully saturated rings. The van der Waals surface area contributed by atoms with Crippen LogP contribution in [0.15, 0.2) is 22.9 Å². The monoisotopic (exact) mass is 300 g/mol. The molecule has 0 aromatic carbocycles. The fourth-order valence-electron chi connectivity index (χ4n) is 1.67. The number of carbonyl (C=O) groups excluding carboxylic acids is 1. The number of hydrogen-bond acceptors (Lipinski definition) is 3. The van der Waals surface area contributed by atoms with E-state index in [1.165, 1.54) is 0 Å². The second-order valence-corrected chi connectivity index (χ2v) is 5.66. The first-order chi connectivity index (χ1) is 7.77. The summed E-state index contributed by atoms with van der Waals surface area (Å²) in [6.45, 7) is 1.72. The van der Waals surface area contributed by atoms with Gasteiger partial charge in [0.1, 0.15) is 4.60 Å². The third kappa shape index (κ3) is 2.98. The number of halogens is 1. The van der Waals surface area contributed by atoms with Gasteiger partial charge in [0.15, 0.2) is 0 Å². The number of hydrogen-bond donors (Lipinski definition) is 0. The van der Waals surface area contributed by atoms with Gasteiger partial charge in [0.05, 0.1) is 0 Å². The van der Waals surface area contributed by atoms with Crippen molar-refractivity contribution in [2.75, 3.05) is 24.6 Å². The number of pyridine rings is 1. The minimum atomic E-state index is 0.116. The second-order valence-electron chi connectivity index (χ2n) is 3.63. The van der Waals surface area contributed by atoms with Crippen LogP contribution in [0.5, 0.6) is 0 Å². The zero-order valence-electron chi connectivity index (χ0n) is 8.86. The molecule has 0 radical (unpaired) electrons. The zero-order chi connectivity index (χ0) is 11.4. The highest BCUT2D eigenvalue weighted by atomic mass is 79.9. The summed E-state index contributed by atoms with van der Waals surface area (Å²) in [6, 6.07) is 3.55. The Hall–Kier alpha value is -0.550. The number of carbonyl (C=O) groups is 1. The predicted molar refractivity (Wildman–Crippen MR) is 69.8 cm³/mol. The minimum absolute atomic E-state index is 0.116. The molecule has 0 aliphatic carbocycles. The van der Waals surface area contributed by atoms with Gasteiger partial charge < -0.3 is 4.90 Å². The molecule has 3 nitrogen and oxygen atoms in total. The molecular weight excluding hydrogens is 288 g/mol. The summed E-state index contributed by atoms with van der Waals surface area (Å²) >= 11 is 5.20. The molecule has 1 aromatic rings. The quantitative estimate of drug-likeness (QED) is 0.747. The van der Waals surface area contributed by atoms with E-state index in [9.17, 15) is 4.79 Å². The van der Waals surface area contributed by atoms with Crippen molar-refractivity contribution in [1.29, 1.82) is 0 Å². The van der Waals surface area contributed by atoms with Crippen molar-refractivity contribution in [3.63, 3.8) is 0 Å². The lowest BCUT2D eigenvalue weighted by Crippen LogP contribution is -2.32. The third-order valence-corrected chi connectivity index (χ3v) is 3.97. The smallest absolute Gasteiger partial charge is 0.254 e. The van der Waals surface area contributed by atoms with Crippen molar-refractivity contribution in [3.8, 4) is 0 Å². The number of nitrogens with zero attached hydrogens (tertiary/aromatic N) is 2. The minimum Gasteiger partial charge on any atom is -0.338 e. The fourth-order valence-corrected chi connectivity index (χ4v) is 2.92. The standard InChI is InChI=1S/C11H13BrN2OS/c12-10-8-9(2-3-13-10)11(15)14-4-1-6-16-7-5-14/h2-3,8H,1,4-7H2. The average Bonchev–Trinajstić information content (AvgIpc) is 2.56. The van der Waals surface area contributed by atoms with Gasteiger partial charge in [-0.05, 0) is 40.2 Å². The molecule has 0 atom stereocenters. The zero-order valence-corrected chi connectivity index (χ0v) is 11.3. The third-order valence-electron chi connectivity index (χ3n) is 2.48. The lowest BCUT2D eigenvalue weighted by Gasteiger charge is -2.19. The molecule has 0 saturated carbocycles. The van der Waals surface area contributed by atoms with E-state index >= 15 is 0 Å². The van der Waals surface area contributed by atoms with Crippen LogP contribution in [0.25, 0.3) is 0 Å². The Morgan fingerprint density at radius 3 is 3.12 bits per heavy atom. The Morgan fingerprint density at radius 1 is 1.44 bits per heavy atom. The number of amides is 1. The van der Waals surface area contributed by atoms with Gasteiger partial charge in [-0.3, -0.25) is 4.79 Å². The van der Waals surface area contributed by atoms with Crippen molar-refractivity contribution < 1.29 is 4.79 Å². The maximum Gasteiger partial charge on any atom is 0.254 e. The van der Waals surface area contributed by atoms with E-state index in [4.69, 9.17) is 0 Å². The van der Waals surface area contributed by atoms with E-state index in [1.54, 1.807) is 18.3 Å². The first-order valence-corrected chi connectivity index (χ1v) is 7.21. The molecule has 86 valence electrons. The van der Waals surface area contributed by atoms with Gasteiger partial charge in [-0.2, -0.15) is 11.8 Å². The number of thioether (sulfide) groups is 1. The van der Waals surface area contributed by atoms with Gasteiger partial charge in [-0.15, -0.1) is 0 Å². The van der Waals surface area contributed by atoms with Crippen LogP contribution < -0.4 is 0 Å². The van der Waals surface area contributed by atoms with Crippen molar-refractivity contribution in [3.05, 3.63) is 28.5 Å². The molecule has 0 bridgehead atoms. The molecule has 1 aliphatic heterocycles. The van der Waals surface area contributed by atoms with Crippen LogP contribution in [0.1, 0.15) is 16.8 Å². The summed E-state index contributed by atoms with van der Waals surface area (Å²) in [6.07, 6.45) is 2.74. The van der Waals surface area contributed by atoms with Crippen molar-refractivity contribution in [1.82, 2.24) is 9.88 Å². The van der Waals surface area contributed by atoms with E-state index < -0.39 is 0 Å². The summed E-state index contributed by atoms with van der Waals surface area (Å²) in [4.78, 5) is 18.1. The highest BCUT2D eigenvalue weighted by Gasteiger charge is 2.17. The molecular formula is C11H13BrN2OS. The highest BCUT2D eigenvalue weighted by Crippen LogP contribution is 2.15. The lowest BCUT2D eigenvalue weighted by atomic mass is 10.2. The van der Waals surface area contributed by atoms with Gasteiger partial charge in [0.25, 0.3) is 5.91 Å². The first-order valence-electron chi connectivity index (χ1n) is 5.26. The topological polar surface area (TPSA) is 33.2 Å². The molecule has 2 rings (SSSR count). The number of aromatic nitrogens is 1. The van der Waals surface area contributed by atoms with E-state index in [-0.39, 0.29) is 5.91 Å². The summed E-state index contributed by atoms with van der Waals surface area (Å²) in [5.74, 6) is 2.31. The molecule has 0 N–H and O–H groups in total. The van der Waals surface area contributed by atoms with Gasteiger partial charge in [0, 0.05) is 30.6 Å². The second kappa shape index (κ2) is 5.68. The Balaban J connectivity index is 2.11. The Bertz CT molecular complexity index is 378. The van der Waals surface area contributed by atoms with Crippen molar-refractivity contribution in [2.45, 2.75) is 6.42 Å². The van der Waals surface area contributed by atoms with Gasteiger partial charge in [0.2, 0.25) is 0 Å². The van der Waals surface area contributed by atoms with Crippen LogP contribution in [0.4, 0.5) is 0 Å². The molecule has 1 amide bonds. The molecule has 1 aliphatic rings. The molecule has 5 heteroatoms. The SMILES string of the molecule is O=C(c1ccnc(Br)c1)N1CCCSCC1. The maximum absolute atomic E-state index is 12.2. The maximum atomic E-state index is 12.2. The summed E-state index contributed by atoms with van der Waals surface area (Å²) in [5, 5.41) is 0. The summed E-state index contributed by atoms with van der Waals surface area (Å²) < 4.78 is 0.711. The van der Waals surface area contributed by atoms with Crippen molar-refractivity contribution >= 4 is 33.6 Å². The lowest BCUT2D eigenvalue weighted by molar-refractivity contribution is 0.0768. The van der Waals surface area contributed by atoms with Gasteiger partial charge >= 0.3 is 0 Å². The first kappa shape index (κ1) is 11.9. The van der Waals surface area contributed by atoms with Crippen LogP contribution >= 0.6 is 27.7 Å². The van der Waals surface area contributed by atoms with Crippen molar-refractivity contribution in [2.24, 2.45) is 0 Å². The molecule has 1 aromatic heterocycles. The van der Waals surface area contributed by atoms with Crippen LogP contribution in [0, 0.1) is 0 Å². The van der Waals surface area contributed by atoms with Crippen LogP contribution in [0.2, 0.25) is 0 Å². The van der Waals surface area contributed by atoms with Crippen LogP contribution in [-0.2, 0) is 0 Å². The molecule has 0 spiro atoms. The van der Waals surface area contributed by atoms with E-state index in [2.05, 4.69) is 20.9 Å². The molecule has 1 saturated heterocycles. The van der Waals surface area contributed by atoms with E-state index in [1.807, 2.05) is 16.7 Å². The molecule has 2 heterocycles. The van der Waals surface area contributed by atoms with Gasteiger partial charge in [-0.1, -0.05) is 0 Å². The summed E-state index contributed by atoms with van der Waals surface area (Å²) in [5.41, 5.74) is 0.716. The van der Waals surface area contributed by atoms with E-state index in [0.717, 1.165) is 31.0 Å². The summed E-state index contributed by atoms with van der Waals surface area (Å²) in [7, 11) is 0. The Kier molecular flexibility index (Phi) is 4.23. The molecule has 16 heavy (non-hydrogen) atoms. The fraction of sp³-hybridized carbons (Fsp3) is 0.455. The normalized spacial score (nSPS) is 16.9. The highest BCUT2D eigenvalue weighted by molar-refractivity contribution is 9.10. The molecule has 0 unspecified atom stereocenters. The number of rotatable bonds is 1.